The third kappa shape index (κ3) is 2.00. The van der Waals surface area contributed by atoms with Crippen molar-refractivity contribution in [1.29, 1.82) is 0 Å². The Bertz CT molecular complexity index is 607. The van der Waals surface area contributed by atoms with Crippen molar-refractivity contribution in [2.24, 2.45) is 0 Å². The molecule has 1 aliphatic heterocycles. The molecule has 3 nitrogen and oxygen atoms in total. The standard InChI is InChI=1S/C15H19FN2O/c1-9-8-18(10(2)7-17-9)14-6-13(16)11(3)12-4-5-19-15(12)14/h4-6,9-10,17H,7-8H2,1-3H3/t9-,10+/m0/s1. The number of halogens is 1. The summed E-state index contributed by atoms with van der Waals surface area (Å²) < 4.78 is 19.7. The number of hydrogen-bond donors (Lipinski definition) is 1. The van der Waals surface area contributed by atoms with E-state index in [0.29, 0.717) is 17.6 Å². The fourth-order valence-corrected chi connectivity index (χ4v) is 2.80. The maximum atomic E-state index is 14.1. The van der Waals surface area contributed by atoms with Crippen LogP contribution in [0.3, 0.4) is 0 Å². The summed E-state index contributed by atoms with van der Waals surface area (Å²) in [5, 5.41) is 4.30. The number of benzene rings is 1. The van der Waals surface area contributed by atoms with E-state index in [4.69, 9.17) is 4.42 Å². The Morgan fingerprint density at radius 1 is 1.42 bits per heavy atom. The quantitative estimate of drug-likeness (QED) is 0.856. The smallest absolute Gasteiger partial charge is 0.157 e. The minimum Gasteiger partial charge on any atom is -0.462 e. The van der Waals surface area contributed by atoms with Gasteiger partial charge in [-0.3, -0.25) is 0 Å². The van der Waals surface area contributed by atoms with Gasteiger partial charge in [-0.25, -0.2) is 4.39 Å². The van der Waals surface area contributed by atoms with Crippen LogP contribution in [0.15, 0.2) is 22.8 Å². The van der Waals surface area contributed by atoms with Gasteiger partial charge in [0.05, 0.1) is 12.0 Å². The van der Waals surface area contributed by atoms with Crippen LogP contribution >= 0.6 is 0 Å². The van der Waals surface area contributed by atoms with Crippen molar-refractivity contribution in [2.75, 3.05) is 18.0 Å². The molecular weight excluding hydrogens is 243 g/mol. The number of anilines is 1. The van der Waals surface area contributed by atoms with E-state index in [1.54, 1.807) is 19.3 Å². The zero-order valence-corrected chi connectivity index (χ0v) is 11.5. The molecule has 0 amide bonds. The third-order valence-electron chi connectivity index (χ3n) is 4.00. The highest BCUT2D eigenvalue weighted by atomic mass is 19.1. The van der Waals surface area contributed by atoms with Crippen LogP contribution in [-0.2, 0) is 0 Å². The molecule has 2 aromatic rings. The highest BCUT2D eigenvalue weighted by Crippen LogP contribution is 2.33. The predicted octanol–water partition coefficient (Wildman–Crippen LogP) is 3.07. The number of rotatable bonds is 1. The number of nitrogens with one attached hydrogen (secondary N) is 1. The van der Waals surface area contributed by atoms with Crippen LogP contribution in [0.25, 0.3) is 11.0 Å². The van der Waals surface area contributed by atoms with E-state index in [1.165, 1.54) is 0 Å². The molecule has 1 fully saturated rings. The zero-order chi connectivity index (χ0) is 13.6. The first-order valence-electron chi connectivity index (χ1n) is 6.74. The molecule has 1 aromatic heterocycles. The Kier molecular flexibility index (Phi) is 2.97. The van der Waals surface area contributed by atoms with E-state index < -0.39 is 0 Å². The molecule has 2 atom stereocenters. The van der Waals surface area contributed by atoms with Gasteiger partial charge in [-0.1, -0.05) is 0 Å². The molecule has 19 heavy (non-hydrogen) atoms. The highest BCUT2D eigenvalue weighted by molar-refractivity contribution is 5.92. The van der Waals surface area contributed by atoms with Crippen LogP contribution in [0, 0.1) is 12.7 Å². The van der Waals surface area contributed by atoms with Crippen molar-refractivity contribution in [3.63, 3.8) is 0 Å². The molecule has 1 aliphatic rings. The van der Waals surface area contributed by atoms with Gasteiger partial charge in [0.2, 0.25) is 0 Å². The van der Waals surface area contributed by atoms with E-state index >= 15 is 0 Å². The monoisotopic (exact) mass is 262 g/mol. The van der Waals surface area contributed by atoms with Gasteiger partial charge in [0.1, 0.15) is 5.82 Å². The highest BCUT2D eigenvalue weighted by Gasteiger charge is 2.26. The Balaban J connectivity index is 2.14. The second kappa shape index (κ2) is 4.53. The van der Waals surface area contributed by atoms with Crippen molar-refractivity contribution in [1.82, 2.24) is 5.32 Å². The molecule has 1 saturated heterocycles. The molecule has 3 rings (SSSR count). The lowest BCUT2D eigenvalue weighted by Gasteiger charge is -2.39. The lowest BCUT2D eigenvalue weighted by molar-refractivity contribution is 0.424. The minimum atomic E-state index is -0.165. The van der Waals surface area contributed by atoms with E-state index in [2.05, 4.69) is 24.1 Å². The Morgan fingerprint density at radius 2 is 2.21 bits per heavy atom. The minimum absolute atomic E-state index is 0.165. The second-order valence-corrected chi connectivity index (χ2v) is 5.48. The zero-order valence-electron chi connectivity index (χ0n) is 11.5. The lowest BCUT2D eigenvalue weighted by Crippen LogP contribution is -2.54. The molecule has 2 heterocycles. The lowest BCUT2D eigenvalue weighted by atomic mass is 10.1. The van der Waals surface area contributed by atoms with Gasteiger partial charge >= 0.3 is 0 Å². The average molecular weight is 262 g/mol. The fourth-order valence-electron chi connectivity index (χ4n) is 2.80. The predicted molar refractivity (Wildman–Crippen MR) is 75.2 cm³/mol. The first-order valence-corrected chi connectivity index (χ1v) is 6.74. The molecule has 0 unspecified atom stereocenters. The number of piperazine rings is 1. The normalized spacial score (nSPS) is 24.1. The molecule has 102 valence electrons. The average Bonchev–Trinajstić information content (AvgIpc) is 2.86. The summed E-state index contributed by atoms with van der Waals surface area (Å²) in [4.78, 5) is 2.23. The molecule has 0 aliphatic carbocycles. The SMILES string of the molecule is Cc1c(F)cc(N2C[C@H](C)NC[C@H]2C)c2occc12. The van der Waals surface area contributed by atoms with E-state index in [1.807, 2.05) is 6.07 Å². The number of hydrogen-bond acceptors (Lipinski definition) is 3. The third-order valence-corrected chi connectivity index (χ3v) is 4.00. The molecule has 1 aromatic carbocycles. The summed E-state index contributed by atoms with van der Waals surface area (Å²) in [5.41, 5.74) is 2.31. The van der Waals surface area contributed by atoms with E-state index in [9.17, 15) is 4.39 Å². The summed E-state index contributed by atoms with van der Waals surface area (Å²) in [6.07, 6.45) is 1.64. The number of nitrogens with zero attached hydrogens (tertiary/aromatic N) is 1. The van der Waals surface area contributed by atoms with Crippen LogP contribution in [0.2, 0.25) is 0 Å². The topological polar surface area (TPSA) is 28.4 Å². The second-order valence-electron chi connectivity index (χ2n) is 5.48. The van der Waals surface area contributed by atoms with Crippen molar-refractivity contribution in [3.8, 4) is 0 Å². The van der Waals surface area contributed by atoms with Crippen LogP contribution in [0.5, 0.6) is 0 Å². The summed E-state index contributed by atoms with van der Waals surface area (Å²) in [6.45, 7) is 7.84. The summed E-state index contributed by atoms with van der Waals surface area (Å²) in [5.74, 6) is -0.165. The van der Waals surface area contributed by atoms with Gasteiger partial charge < -0.3 is 14.6 Å². The Hall–Kier alpha value is -1.55. The van der Waals surface area contributed by atoms with Gasteiger partial charge in [-0.05, 0) is 32.4 Å². The first kappa shape index (κ1) is 12.5. The summed E-state index contributed by atoms with van der Waals surface area (Å²) in [6, 6.07) is 4.17. The Labute approximate surface area is 112 Å². The van der Waals surface area contributed by atoms with Gasteiger partial charge in [0, 0.05) is 36.6 Å². The molecule has 4 heteroatoms. The molecule has 0 spiro atoms. The maximum absolute atomic E-state index is 14.1. The fraction of sp³-hybridized carbons (Fsp3) is 0.467. The van der Waals surface area contributed by atoms with Gasteiger partial charge in [0.25, 0.3) is 0 Å². The molecule has 0 bridgehead atoms. The van der Waals surface area contributed by atoms with Gasteiger partial charge in [-0.15, -0.1) is 0 Å². The van der Waals surface area contributed by atoms with Crippen molar-refractivity contribution in [2.45, 2.75) is 32.9 Å². The molecular formula is C15H19FN2O. The van der Waals surface area contributed by atoms with Crippen LogP contribution in [-0.4, -0.2) is 25.2 Å². The number of aryl methyl sites for hydroxylation is 1. The first-order chi connectivity index (χ1) is 9.08. The van der Waals surface area contributed by atoms with Crippen molar-refractivity contribution >= 4 is 16.7 Å². The van der Waals surface area contributed by atoms with Gasteiger partial charge in [-0.2, -0.15) is 0 Å². The van der Waals surface area contributed by atoms with Gasteiger partial charge in [0.15, 0.2) is 5.58 Å². The Morgan fingerprint density at radius 3 is 3.00 bits per heavy atom. The number of fused-ring (bicyclic) bond motifs is 1. The largest absolute Gasteiger partial charge is 0.462 e. The van der Waals surface area contributed by atoms with Crippen LogP contribution < -0.4 is 10.2 Å². The van der Waals surface area contributed by atoms with Crippen molar-refractivity contribution < 1.29 is 8.81 Å². The van der Waals surface area contributed by atoms with Crippen LogP contribution in [0.1, 0.15) is 19.4 Å². The van der Waals surface area contributed by atoms with Crippen molar-refractivity contribution in [3.05, 3.63) is 29.8 Å². The summed E-state index contributed by atoms with van der Waals surface area (Å²) in [7, 11) is 0. The molecule has 0 radical (unpaired) electrons. The van der Waals surface area contributed by atoms with E-state index in [-0.39, 0.29) is 5.82 Å². The maximum Gasteiger partial charge on any atom is 0.157 e. The molecule has 1 N–H and O–H groups in total. The van der Waals surface area contributed by atoms with E-state index in [0.717, 1.165) is 29.7 Å². The summed E-state index contributed by atoms with van der Waals surface area (Å²) >= 11 is 0. The van der Waals surface area contributed by atoms with Crippen LogP contribution in [0.4, 0.5) is 10.1 Å². The molecule has 0 saturated carbocycles. The number of furan rings is 1.